The fraction of sp³-hybridized carbons (Fsp3) is 0. The summed E-state index contributed by atoms with van der Waals surface area (Å²) >= 11 is 0. The van der Waals surface area contributed by atoms with Gasteiger partial charge in [-0.05, 0) is 0 Å². The smallest absolute Gasteiger partial charge is 0.450 e. The highest BCUT2D eigenvalue weighted by atomic mass is 16.6. The van der Waals surface area contributed by atoms with Crippen LogP contribution in [0.2, 0.25) is 0 Å². The van der Waals surface area contributed by atoms with E-state index in [9.17, 15) is 0 Å². The molecule has 0 saturated carbocycles. The van der Waals surface area contributed by atoms with Crippen molar-refractivity contribution in [1.82, 2.24) is 6.15 Å². The number of rotatable bonds is 0. The van der Waals surface area contributed by atoms with E-state index in [2.05, 4.69) is 6.57 Å². The summed E-state index contributed by atoms with van der Waals surface area (Å²) < 4.78 is 0. The van der Waals surface area contributed by atoms with Gasteiger partial charge in [0.25, 0.3) is 0 Å². The maximum Gasteiger partial charge on any atom is 0.503 e. The Labute approximate surface area is 40.4 Å². The molecule has 5 heteroatoms. The average Bonchev–Trinajstić information content (AvgIpc) is 1.41. The van der Waals surface area contributed by atoms with E-state index in [-0.39, 0.29) is 6.15 Å². The number of hydrogen-bond acceptors (Lipinski definition) is 3. The van der Waals surface area contributed by atoms with Gasteiger partial charge in [-0.3, -0.25) is 0 Å². The summed E-state index contributed by atoms with van der Waals surface area (Å²) in [4.78, 5) is 8.56. The fourth-order valence-electron chi connectivity index (χ4n) is 0. The van der Waals surface area contributed by atoms with Gasteiger partial charge < -0.3 is 16.4 Å². The molecule has 0 heterocycles. The molecule has 0 unspecified atom stereocenters. The molecule has 7 heavy (non-hydrogen) atoms. The average molecular weight is 106 g/mol. The van der Waals surface area contributed by atoms with E-state index in [1.165, 1.54) is 0 Å². The van der Waals surface area contributed by atoms with E-state index < -0.39 is 6.16 Å². The predicted molar refractivity (Wildman–Crippen MR) is 22.3 cm³/mol. The Morgan fingerprint density at radius 2 is 1.43 bits per heavy atom. The molecule has 0 aliphatic rings. The molecule has 5 N–H and O–H groups in total. The fourth-order valence-corrected chi connectivity index (χ4v) is 0. The molecule has 5 nitrogen and oxygen atoms in total. The predicted octanol–water partition coefficient (Wildman–Crippen LogP) is 0.524. The molecule has 0 aromatic rings. The zero-order chi connectivity index (χ0) is 5.58. The van der Waals surface area contributed by atoms with Crippen molar-refractivity contribution in [2.75, 3.05) is 0 Å². The van der Waals surface area contributed by atoms with E-state index >= 15 is 0 Å². The summed E-state index contributed by atoms with van der Waals surface area (Å²) in [6.45, 7) is 3.50. The standard InChI is InChI=1S/CHN.CH2O3.H3N/c1-2;2-1(3)4;/h1H;(H2,2,3,4);1H3. The highest BCUT2D eigenvalue weighted by Gasteiger charge is 1.70. The Morgan fingerprint density at radius 3 is 1.43 bits per heavy atom. The zero-order valence-corrected chi connectivity index (χ0v) is 3.53. The molecule has 0 bridgehead atoms. The van der Waals surface area contributed by atoms with Crippen molar-refractivity contribution in [3.05, 3.63) is 0 Å². The Hall–Kier alpha value is -1.28. The van der Waals surface area contributed by atoms with Crippen LogP contribution in [0.3, 0.4) is 0 Å². The molecule has 0 spiro atoms. The third-order valence-electron chi connectivity index (χ3n) is 0. The molecule has 0 aliphatic carbocycles. The quantitative estimate of drug-likeness (QED) is 0.416. The molecular formula is C2H6N2O3. The van der Waals surface area contributed by atoms with Crippen LogP contribution in [-0.2, 0) is 0 Å². The zero-order valence-electron chi connectivity index (χ0n) is 3.53. The van der Waals surface area contributed by atoms with Crippen LogP contribution < -0.4 is 6.15 Å². The largest absolute Gasteiger partial charge is 0.503 e. The van der Waals surface area contributed by atoms with Gasteiger partial charge in [-0.2, -0.15) is 0 Å². The van der Waals surface area contributed by atoms with Crippen molar-refractivity contribution < 1.29 is 15.0 Å². The minimum atomic E-state index is -1.83. The summed E-state index contributed by atoms with van der Waals surface area (Å²) in [5.74, 6) is 0. The summed E-state index contributed by atoms with van der Waals surface area (Å²) in [6, 6.07) is 0. The maximum absolute atomic E-state index is 8.56. The van der Waals surface area contributed by atoms with Crippen LogP contribution in [0.4, 0.5) is 4.79 Å². The first-order valence-corrected chi connectivity index (χ1v) is 0.910. The van der Waals surface area contributed by atoms with E-state index in [4.69, 9.17) is 20.3 Å². The lowest BCUT2D eigenvalue weighted by molar-refractivity contribution is 0.137. The van der Waals surface area contributed by atoms with Crippen LogP contribution >= 0.6 is 0 Å². The van der Waals surface area contributed by atoms with Gasteiger partial charge in [-0.1, -0.05) is 0 Å². The van der Waals surface area contributed by atoms with Gasteiger partial charge in [0.15, 0.2) is 0 Å². The molecule has 0 amide bonds. The number of carbonyl (C=O) groups is 1. The Balaban J connectivity index is -0.0000000480. The van der Waals surface area contributed by atoms with Gasteiger partial charge in [0.2, 0.25) is 0 Å². The van der Waals surface area contributed by atoms with Gasteiger partial charge in [-0.25, -0.2) is 10.1 Å². The van der Waals surface area contributed by atoms with Crippen LogP contribution in [0.15, 0.2) is 0 Å². The first-order chi connectivity index (χ1) is 2.73. The van der Waals surface area contributed by atoms with Crippen molar-refractivity contribution in [3.8, 4) is 6.57 Å². The second-order valence-electron chi connectivity index (χ2n) is 0.283. The number of nitrogens with zero attached hydrogens (tertiary/aromatic N) is 1. The van der Waals surface area contributed by atoms with Crippen molar-refractivity contribution in [2.24, 2.45) is 0 Å². The second-order valence-corrected chi connectivity index (χ2v) is 0.283. The minimum Gasteiger partial charge on any atom is -0.450 e. The first-order valence-electron chi connectivity index (χ1n) is 0.910. The van der Waals surface area contributed by atoms with Crippen molar-refractivity contribution in [2.45, 2.75) is 0 Å². The van der Waals surface area contributed by atoms with Crippen LogP contribution in [0.25, 0.3) is 0 Å². The van der Waals surface area contributed by atoms with Gasteiger partial charge in [0, 0.05) is 6.57 Å². The highest BCUT2D eigenvalue weighted by molar-refractivity contribution is 5.53. The Kier molecular flexibility index (Phi) is 54.3. The summed E-state index contributed by atoms with van der Waals surface area (Å²) in [7, 11) is 0. The number of nitriles is 1. The second kappa shape index (κ2) is 22.1. The molecule has 42 valence electrons. The number of carboxylic acid groups (broad SMARTS) is 2. The Morgan fingerprint density at radius 1 is 1.43 bits per heavy atom. The summed E-state index contributed by atoms with van der Waals surface area (Å²) in [5, 5.41) is 20.4. The molecule has 0 atom stereocenters. The molecule has 0 saturated heterocycles. The number of hydrogen-bond donors (Lipinski definition) is 3. The highest BCUT2D eigenvalue weighted by Crippen LogP contribution is 1.42. The SMILES string of the molecule is C#N.N.O=C(O)O. The third-order valence-corrected chi connectivity index (χ3v) is 0. The van der Waals surface area contributed by atoms with Crippen LogP contribution in [0.1, 0.15) is 0 Å². The molecule has 0 aliphatic heterocycles. The van der Waals surface area contributed by atoms with Crippen molar-refractivity contribution in [3.63, 3.8) is 0 Å². The van der Waals surface area contributed by atoms with E-state index in [0.717, 1.165) is 0 Å². The van der Waals surface area contributed by atoms with E-state index in [0.29, 0.717) is 0 Å². The summed E-state index contributed by atoms with van der Waals surface area (Å²) in [5.41, 5.74) is 0. The first kappa shape index (κ1) is 17.2. The molecular weight excluding hydrogens is 100 g/mol. The van der Waals surface area contributed by atoms with Crippen LogP contribution in [0, 0.1) is 11.8 Å². The maximum atomic E-state index is 8.56. The van der Waals surface area contributed by atoms with Gasteiger partial charge in [0.1, 0.15) is 0 Å². The molecule has 0 aromatic carbocycles. The summed E-state index contributed by atoms with van der Waals surface area (Å²) in [6.07, 6.45) is -1.83. The molecule has 0 radical (unpaired) electrons. The minimum absolute atomic E-state index is 0. The van der Waals surface area contributed by atoms with E-state index in [1.807, 2.05) is 0 Å². The van der Waals surface area contributed by atoms with Crippen LogP contribution in [-0.4, -0.2) is 16.4 Å². The van der Waals surface area contributed by atoms with Crippen LogP contribution in [0.5, 0.6) is 0 Å². The van der Waals surface area contributed by atoms with Crippen molar-refractivity contribution >= 4 is 6.16 Å². The molecule has 0 rings (SSSR count). The monoisotopic (exact) mass is 106 g/mol. The Bertz CT molecular complexity index is 55.2. The topological polar surface area (TPSA) is 116 Å². The van der Waals surface area contributed by atoms with Gasteiger partial charge in [0.05, 0.1) is 0 Å². The van der Waals surface area contributed by atoms with Gasteiger partial charge in [-0.15, -0.1) is 0 Å². The molecule has 0 fully saturated rings. The molecule has 0 aromatic heterocycles. The lowest BCUT2D eigenvalue weighted by Crippen LogP contribution is -1.81. The van der Waals surface area contributed by atoms with Crippen molar-refractivity contribution in [1.29, 1.82) is 5.26 Å². The van der Waals surface area contributed by atoms with E-state index in [1.54, 1.807) is 0 Å². The third kappa shape index (κ3) is 21.3. The van der Waals surface area contributed by atoms with Gasteiger partial charge >= 0.3 is 6.16 Å². The lowest BCUT2D eigenvalue weighted by atomic mass is 11.5. The normalized spacial score (nSPS) is 3.71. The lowest BCUT2D eigenvalue weighted by Gasteiger charge is -1.60.